The first-order valence-corrected chi connectivity index (χ1v) is 3.10. The van der Waals surface area contributed by atoms with Crippen molar-refractivity contribution in [3.8, 4) is 0 Å². The molecule has 2 nitrogen and oxygen atoms in total. The van der Waals surface area contributed by atoms with Crippen LogP contribution in [0.1, 0.15) is 13.8 Å². The van der Waals surface area contributed by atoms with Crippen LogP contribution in [0.5, 0.6) is 0 Å². The summed E-state index contributed by atoms with van der Waals surface area (Å²) in [6, 6.07) is 0. The molecule has 0 atom stereocenters. The molecular weight excluding hydrogens is 126 g/mol. The molecule has 0 fully saturated rings. The van der Waals surface area contributed by atoms with Gasteiger partial charge < -0.3 is 5.32 Å². The van der Waals surface area contributed by atoms with Crippen LogP contribution in [0.2, 0.25) is 0 Å². The van der Waals surface area contributed by atoms with Crippen LogP contribution in [0.15, 0.2) is 25.3 Å². The smallest absolute Gasteiger partial charge is 0.244 e. The Labute approximate surface area is 61.6 Å². The van der Waals surface area contributed by atoms with Crippen molar-refractivity contribution in [2.45, 2.75) is 19.4 Å². The molecule has 0 spiro atoms. The van der Waals surface area contributed by atoms with Gasteiger partial charge in [0.15, 0.2) is 0 Å². The molecule has 0 aromatic rings. The van der Waals surface area contributed by atoms with Crippen molar-refractivity contribution < 1.29 is 4.79 Å². The molecule has 56 valence electrons. The lowest BCUT2D eigenvalue weighted by Gasteiger charge is -2.20. The second kappa shape index (κ2) is 3.20. The monoisotopic (exact) mass is 139 g/mol. The lowest BCUT2D eigenvalue weighted by molar-refractivity contribution is -0.117. The van der Waals surface area contributed by atoms with Gasteiger partial charge in [-0.2, -0.15) is 0 Å². The highest BCUT2D eigenvalue weighted by Gasteiger charge is 2.12. The summed E-state index contributed by atoms with van der Waals surface area (Å²) in [5, 5.41) is 2.68. The van der Waals surface area contributed by atoms with Gasteiger partial charge in [-0.25, -0.2) is 0 Å². The normalized spacial score (nSPS) is 10.2. The van der Waals surface area contributed by atoms with Gasteiger partial charge >= 0.3 is 0 Å². The van der Waals surface area contributed by atoms with Crippen LogP contribution in [0, 0.1) is 0 Å². The van der Waals surface area contributed by atoms with Crippen LogP contribution >= 0.6 is 0 Å². The first-order valence-electron chi connectivity index (χ1n) is 3.10. The van der Waals surface area contributed by atoms with Crippen LogP contribution < -0.4 is 5.32 Å². The van der Waals surface area contributed by atoms with E-state index in [1.807, 2.05) is 13.8 Å². The van der Waals surface area contributed by atoms with Crippen molar-refractivity contribution in [1.29, 1.82) is 0 Å². The molecule has 0 aliphatic rings. The molecule has 0 unspecified atom stereocenters. The minimum Gasteiger partial charge on any atom is -0.344 e. The lowest BCUT2D eigenvalue weighted by Crippen LogP contribution is -2.40. The molecule has 10 heavy (non-hydrogen) atoms. The Bertz CT molecular complexity index is 159. The highest BCUT2D eigenvalue weighted by atomic mass is 16.1. The van der Waals surface area contributed by atoms with E-state index in [2.05, 4.69) is 18.5 Å². The van der Waals surface area contributed by atoms with Gasteiger partial charge in [-0.3, -0.25) is 4.79 Å². The van der Waals surface area contributed by atoms with Crippen molar-refractivity contribution in [3.05, 3.63) is 25.3 Å². The van der Waals surface area contributed by atoms with E-state index in [0.717, 1.165) is 0 Å². The zero-order chi connectivity index (χ0) is 8.20. The third kappa shape index (κ3) is 3.07. The van der Waals surface area contributed by atoms with E-state index in [9.17, 15) is 4.79 Å². The summed E-state index contributed by atoms with van der Waals surface area (Å²) in [5.74, 6) is -0.176. The van der Waals surface area contributed by atoms with Gasteiger partial charge in [0, 0.05) is 0 Å². The highest BCUT2D eigenvalue weighted by molar-refractivity contribution is 5.87. The van der Waals surface area contributed by atoms with Gasteiger partial charge in [-0.05, 0) is 19.9 Å². The Kier molecular flexibility index (Phi) is 2.87. The van der Waals surface area contributed by atoms with Gasteiger partial charge in [0.25, 0.3) is 0 Å². The fourth-order valence-corrected chi connectivity index (χ4v) is 0.420. The van der Waals surface area contributed by atoms with Crippen molar-refractivity contribution >= 4 is 5.91 Å². The molecule has 1 amide bonds. The Balaban J connectivity index is 4.00. The van der Waals surface area contributed by atoms with E-state index < -0.39 is 0 Å². The van der Waals surface area contributed by atoms with Gasteiger partial charge in [-0.15, -0.1) is 6.58 Å². The third-order valence-corrected chi connectivity index (χ3v) is 1.14. The second-order valence-corrected chi connectivity index (χ2v) is 2.62. The zero-order valence-electron chi connectivity index (χ0n) is 6.48. The molecule has 0 radical (unpaired) electrons. The minimum absolute atomic E-state index is 0.176. The van der Waals surface area contributed by atoms with Gasteiger partial charge in [-0.1, -0.05) is 12.7 Å². The summed E-state index contributed by atoms with van der Waals surface area (Å²) in [5.41, 5.74) is -0.342. The maximum Gasteiger partial charge on any atom is 0.244 e. The molecule has 0 saturated carbocycles. The van der Waals surface area contributed by atoms with E-state index >= 15 is 0 Å². The summed E-state index contributed by atoms with van der Waals surface area (Å²) in [4.78, 5) is 10.7. The van der Waals surface area contributed by atoms with Crippen LogP contribution in [-0.2, 0) is 4.79 Å². The first-order chi connectivity index (χ1) is 4.52. The Morgan fingerprint density at radius 2 is 2.00 bits per heavy atom. The van der Waals surface area contributed by atoms with Crippen LogP contribution in [0.25, 0.3) is 0 Å². The standard InChI is InChI=1S/C8H13NO/c1-5-7(10)9-8(3,4)6-2/h5-6H,1-2H2,3-4H3,(H,9,10). The maximum absolute atomic E-state index is 10.7. The van der Waals surface area contributed by atoms with Gasteiger partial charge in [0.05, 0.1) is 5.54 Å². The fourth-order valence-electron chi connectivity index (χ4n) is 0.420. The van der Waals surface area contributed by atoms with Gasteiger partial charge in [0.1, 0.15) is 0 Å². The molecule has 2 heteroatoms. The SMILES string of the molecule is C=CC(=O)NC(C)(C)C=C. The number of carbonyl (C=O) groups excluding carboxylic acids is 1. The predicted octanol–water partition coefficient (Wildman–Crippen LogP) is 1.25. The molecule has 0 bridgehead atoms. The molecule has 1 N–H and O–H groups in total. The molecule has 0 aromatic heterocycles. The Morgan fingerprint density at radius 1 is 1.50 bits per heavy atom. The molecule has 0 heterocycles. The first kappa shape index (κ1) is 8.95. The fraction of sp³-hybridized carbons (Fsp3) is 0.375. The van der Waals surface area contributed by atoms with Crippen molar-refractivity contribution in [3.63, 3.8) is 0 Å². The van der Waals surface area contributed by atoms with Crippen molar-refractivity contribution in [1.82, 2.24) is 5.32 Å². The highest BCUT2D eigenvalue weighted by Crippen LogP contribution is 2.01. The van der Waals surface area contributed by atoms with Crippen molar-refractivity contribution in [2.24, 2.45) is 0 Å². The summed E-state index contributed by atoms with van der Waals surface area (Å²) in [6.45, 7) is 10.6. The number of amides is 1. The Hall–Kier alpha value is -1.05. The predicted molar refractivity (Wildman–Crippen MR) is 42.6 cm³/mol. The topological polar surface area (TPSA) is 29.1 Å². The zero-order valence-corrected chi connectivity index (χ0v) is 6.48. The number of rotatable bonds is 3. The van der Waals surface area contributed by atoms with E-state index in [1.54, 1.807) is 6.08 Å². The van der Waals surface area contributed by atoms with E-state index in [4.69, 9.17) is 0 Å². The van der Waals surface area contributed by atoms with E-state index in [1.165, 1.54) is 6.08 Å². The average Bonchev–Trinajstić information content (AvgIpc) is 1.87. The third-order valence-electron chi connectivity index (χ3n) is 1.14. The van der Waals surface area contributed by atoms with Crippen LogP contribution in [-0.4, -0.2) is 11.4 Å². The molecule has 0 aliphatic carbocycles. The van der Waals surface area contributed by atoms with E-state index in [0.29, 0.717) is 0 Å². The summed E-state index contributed by atoms with van der Waals surface area (Å²) in [6.07, 6.45) is 2.92. The van der Waals surface area contributed by atoms with E-state index in [-0.39, 0.29) is 11.4 Å². The van der Waals surface area contributed by atoms with Gasteiger partial charge in [0.2, 0.25) is 5.91 Å². The second-order valence-electron chi connectivity index (χ2n) is 2.62. The average molecular weight is 139 g/mol. The number of carbonyl (C=O) groups is 1. The number of nitrogens with one attached hydrogen (secondary N) is 1. The molecule has 0 rings (SSSR count). The quantitative estimate of drug-likeness (QED) is 0.462. The number of hydrogen-bond donors (Lipinski definition) is 1. The van der Waals surface area contributed by atoms with Crippen LogP contribution in [0.3, 0.4) is 0 Å². The maximum atomic E-state index is 10.7. The largest absolute Gasteiger partial charge is 0.344 e. The summed E-state index contributed by atoms with van der Waals surface area (Å²) >= 11 is 0. The molecule has 0 aromatic carbocycles. The van der Waals surface area contributed by atoms with Crippen molar-refractivity contribution in [2.75, 3.05) is 0 Å². The lowest BCUT2D eigenvalue weighted by atomic mass is 10.1. The number of hydrogen-bond acceptors (Lipinski definition) is 1. The molecule has 0 saturated heterocycles. The minimum atomic E-state index is -0.342. The Morgan fingerprint density at radius 3 is 2.30 bits per heavy atom. The summed E-state index contributed by atoms with van der Waals surface area (Å²) in [7, 11) is 0. The van der Waals surface area contributed by atoms with Crippen LogP contribution in [0.4, 0.5) is 0 Å². The summed E-state index contributed by atoms with van der Waals surface area (Å²) < 4.78 is 0. The molecular formula is C8H13NO. The molecule has 0 aliphatic heterocycles.